The Hall–Kier alpha value is -2.97. The molecular formula is C22H22N4O3S. The molecule has 1 atom stereocenters. The minimum atomic E-state index is -0.617. The van der Waals surface area contributed by atoms with Gasteiger partial charge in [-0.25, -0.2) is 4.98 Å². The van der Waals surface area contributed by atoms with Crippen LogP contribution < -0.4 is 10.5 Å². The number of pyridine rings is 1. The minimum absolute atomic E-state index is 0.0556. The fourth-order valence-corrected chi connectivity index (χ4v) is 4.10. The van der Waals surface area contributed by atoms with Crippen molar-refractivity contribution in [2.24, 2.45) is 7.05 Å². The Bertz CT molecular complexity index is 1120. The van der Waals surface area contributed by atoms with Crippen molar-refractivity contribution in [3.05, 3.63) is 70.8 Å². The number of aromatic nitrogens is 3. The molecule has 8 heteroatoms. The summed E-state index contributed by atoms with van der Waals surface area (Å²) >= 11 is 1.54. The SMILES string of the molecule is CSc1ccccc1C(=O)C1CN(c2nc(-c3ccncc3)cc(=O)n2C)CCO1. The Balaban J connectivity index is 1.64. The number of benzene rings is 1. The zero-order valence-corrected chi connectivity index (χ0v) is 17.6. The maximum atomic E-state index is 13.1. The summed E-state index contributed by atoms with van der Waals surface area (Å²) in [6, 6.07) is 12.7. The van der Waals surface area contributed by atoms with Crippen molar-refractivity contribution in [2.75, 3.05) is 30.9 Å². The number of hydrogen-bond donors (Lipinski definition) is 0. The molecule has 0 aliphatic carbocycles. The largest absolute Gasteiger partial charge is 0.366 e. The summed E-state index contributed by atoms with van der Waals surface area (Å²) in [6.07, 6.45) is 4.67. The molecule has 0 radical (unpaired) electrons. The summed E-state index contributed by atoms with van der Waals surface area (Å²) in [4.78, 5) is 37.3. The predicted octanol–water partition coefficient (Wildman–Crippen LogP) is 2.65. The van der Waals surface area contributed by atoms with E-state index in [0.29, 0.717) is 36.9 Å². The van der Waals surface area contributed by atoms with Gasteiger partial charge in [0.25, 0.3) is 5.56 Å². The van der Waals surface area contributed by atoms with Gasteiger partial charge in [0.1, 0.15) is 6.10 Å². The summed E-state index contributed by atoms with van der Waals surface area (Å²) in [6.45, 7) is 1.27. The lowest BCUT2D eigenvalue weighted by molar-refractivity contribution is 0.0334. The highest BCUT2D eigenvalue weighted by molar-refractivity contribution is 7.98. The van der Waals surface area contributed by atoms with Gasteiger partial charge in [0.2, 0.25) is 5.95 Å². The second-order valence-corrected chi connectivity index (χ2v) is 7.79. The Morgan fingerprint density at radius 3 is 2.73 bits per heavy atom. The number of rotatable bonds is 5. The van der Waals surface area contributed by atoms with Crippen LogP contribution in [0.4, 0.5) is 5.95 Å². The Labute approximate surface area is 178 Å². The number of nitrogens with zero attached hydrogens (tertiary/aromatic N) is 4. The van der Waals surface area contributed by atoms with Crippen molar-refractivity contribution in [2.45, 2.75) is 11.0 Å². The van der Waals surface area contributed by atoms with Gasteiger partial charge in [-0.05, 0) is 24.5 Å². The first-order chi connectivity index (χ1) is 14.6. The van der Waals surface area contributed by atoms with Crippen LogP contribution in [0.1, 0.15) is 10.4 Å². The van der Waals surface area contributed by atoms with Crippen LogP contribution in [-0.2, 0) is 11.8 Å². The van der Waals surface area contributed by atoms with E-state index in [9.17, 15) is 9.59 Å². The van der Waals surface area contributed by atoms with Gasteiger partial charge in [0.15, 0.2) is 5.78 Å². The van der Waals surface area contributed by atoms with Gasteiger partial charge in [-0.1, -0.05) is 18.2 Å². The maximum absolute atomic E-state index is 13.1. The topological polar surface area (TPSA) is 77.3 Å². The molecule has 1 aliphatic rings. The van der Waals surface area contributed by atoms with E-state index in [1.165, 1.54) is 22.4 Å². The van der Waals surface area contributed by atoms with Crippen LogP contribution in [0.3, 0.4) is 0 Å². The fourth-order valence-electron chi connectivity index (χ4n) is 3.49. The van der Waals surface area contributed by atoms with Crippen molar-refractivity contribution >= 4 is 23.5 Å². The monoisotopic (exact) mass is 422 g/mol. The van der Waals surface area contributed by atoms with Crippen LogP contribution in [0.15, 0.2) is 64.5 Å². The number of hydrogen-bond acceptors (Lipinski definition) is 7. The molecule has 2 aromatic heterocycles. The van der Waals surface area contributed by atoms with Gasteiger partial charge in [0, 0.05) is 48.1 Å². The first-order valence-corrected chi connectivity index (χ1v) is 10.8. The molecular weight excluding hydrogens is 400 g/mol. The molecule has 3 heterocycles. The molecule has 0 N–H and O–H groups in total. The van der Waals surface area contributed by atoms with Crippen LogP contribution >= 0.6 is 11.8 Å². The van der Waals surface area contributed by atoms with Crippen LogP contribution in [-0.4, -0.2) is 52.4 Å². The number of morpholine rings is 1. The first kappa shape index (κ1) is 20.3. The van der Waals surface area contributed by atoms with Gasteiger partial charge in [-0.3, -0.25) is 19.1 Å². The third-order valence-corrected chi connectivity index (χ3v) is 5.90. The number of carbonyl (C=O) groups is 1. The summed E-state index contributed by atoms with van der Waals surface area (Å²) in [5.74, 6) is 0.466. The third kappa shape index (κ3) is 4.01. The van der Waals surface area contributed by atoms with E-state index >= 15 is 0 Å². The van der Waals surface area contributed by atoms with E-state index < -0.39 is 6.10 Å². The van der Waals surface area contributed by atoms with E-state index in [1.807, 2.05) is 47.6 Å². The Kier molecular flexibility index (Phi) is 5.96. The summed E-state index contributed by atoms with van der Waals surface area (Å²) in [5.41, 5.74) is 1.90. The lowest BCUT2D eigenvalue weighted by Crippen LogP contribution is -2.48. The highest BCUT2D eigenvalue weighted by Crippen LogP contribution is 2.24. The van der Waals surface area contributed by atoms with Gasteiger partial charge < -0.3 is 9.64 Å². The van der Waals surface area contributed by atoms with Crippen molar-refractivity contribution in [1.82, 2.24) is 14.5 Å². The van der Waals surface area contributed by atoms with Crippen LogP contribution in [0, 0.1) is 0 Å². The molecule has 3 aromatic rings. The molecule has 0 bridgehead atoms. The van der Waals surface area contributed by atoms with E-state index in [4.69, 9.17) is 9.72 Å². The van der Waals surface area contributed by atoms with Crippen molar-refractivity contribution in [3.63, 3.8) is 0 Å². The summed E-state index contributed by atoms with van der Waals surface area (Å²) < 4.78 is 7.31. The second-order valence-electron chi connectivity index (χ2n) is 6.94. The van der Waals surface area contributed by atoms with Crippen LogP contribution in [0.25, 0.3) is 11.3 Å². The number of ketones is 1. The number of carbonyl (C=O) groups excluding carboxylic acids is 1. The Morgan fingerprint density at radius 2 is 1.97 bits per heavy atom. The molecule has 0 spiro atoms. The first-order valence-electron chi connectivity index (χ1n) is 9.60. The van der Waals surface area contributed by atoms with Crippen LogP contribution in [0.2, 0.25) is 0 Å². The van der Waals surface area contributed by atoms with E-state index in [1.54, 1.807) is 19.4 Å². The third-order valence-electron chi connectivity index (χ3n) is 5.10. The normalized spacial score (nSPS) is 16.5. The fraction of sp³-hybridized carbons (Fsp3) is 0.273. The minimum Gasteiger partial charge on any atom is -0.366 e. The van der Waals surface area contributed by atoms with Crippen molar-refractivity contribution in [3.8, 4) is 11.3 Å². The lowest BCUT2D eigenvalue weighted by Gasteiger charge is -2.34. The molecule has 1 aliphatic heterocycles. The molecule has 1 aromatic carbocycles. The number of Topliss-reactive ketones (excluding diaryl/α,β-unsaturated/α-hetero) is 1. The average Bonchev–Trinajstić information content (AvgIpc) is 2.81. The molecule has 1 fully saturated rings. The van der Waals surface area contributed by atoms with Gasteiger partial charge in [0.05, 0.1) is 18.8 Å². The number of thioether (sulfide) groups is 1. The molecule has 7 nitrogen and oxygen atoms in total. The van der Waals surface area contributed by atoms with E-state index in [-0.39, 0.29) is 11.3 Å². The molecule has 4 rings (SSSR count). The van der Waals surface area contributed by atoms with E-state index in [0.717, 1.165) is 10.5 Å². The van der Waals surface area contributed by atoms with Gasteiger partial charge >= 0.3 is 0 Å². The standard InChI is InChI=1S/C22H22N4O3S/c1-25-20(27)13-17(15-7-9-23-10-8-15)24-22(25)26-11-12-29-18(14-26)21(28)16-5-3-4-6-19(16)30-2/h3-10,13,18H,11-12,14H2,1-2H3. The molecule has 1 unspecified atom stereocenters. The number of anilines is 1. The quantitative estimate of drug-likeness (QED) is 0.462. The zero-order chi connectivity index (χ0) is 21.1. The zero-order valence-electron chi connectivity index (χ0n) is 16.8. The summed E-state index contributed by atoms with van der Waals surface area (Å²) in [5, 5.41) is 0. The summed E-state index contributed by atoms with van der Waals surface area (Å²) in [7, 11) is 1.69. The van der Waals surface area contributed by atoms with Crippen molar-refractivity contribution < 1.29 is 9.53 Å². The van der Waals surface area contributed by atoms with Gasteiger partial charge in [-0.2, -0.15) is 0 Å². The number of ether oxygens (including phenoxy) is 1. The molecule has 0 amide bonds. The van der Waals surface area contributed by atoms with Crippen molar-refractivity contribution in [1.29, 1.82) is 0 Å². The highest BCUT2D eigenvalue weighted by atomic mass is 32.2. The predicted molar refractivity (Wildman–Crippen MR) is 117 cm³/mol. The molecule has 30 heavy (non-hydrogen) atoms. The maximum Gasteiger partial charge on any atom is 0.255 e. The molecule has 1 saturated heterocycles. The average molecular weight is 423 g/mol. The van der Waals surface area contributed by atoms with Crippen LogP contribution in [0.5, 0.6) is 0 Å². The Morgan fingerprint density at radius 1 is 1.20 bits per heavy atom. The smallest absolute Gasteiger partial charge is 0.255 e. The molecule has 154 valence electrons. The molecule has 0 saturated carbocycles. The van der Waals surface area contributed by atoms with Gasteiger partial charge in [-0.15, -0.1) is 11.8 Å². The second kappa shape index (κ2) is 8.81. The lowest BCUT2D eigenvalue weighted by atomic mass is 10.0. The highest BCUT2D eigenvalue weighted by Gasteiger charge is 2.30. The van der Waals surface area contributed by atoms with E-state index in [2.05, 4.69) is 4.98 Å².